The summed E-state index contributed by atoms with van der Waals surface area (Å²) in [6.07, 6.45) is 0. The van der Waals surface area contributed by atoms with Crippen molar-refractivity contribution in [2.75, 3.05) is 0 Å². The quantitative estimate of drug-likeness (QED) is 0.520. The van der Waals surface area contributed by atoms with E-state index >= 15 is 0 Å². The molecular formula is C8H6ClNS. The van der Waals surface area contributed by atoms with Crippen molar-refractivity contribution in [1.82, 2.24) is 0 Å². The molecule has 0 radical (unpaired) electrons. The molecule has 0 amide bonds. The lowest BCUT2D eigenvalue weighted by Crippen LogP contribution is -1.80. The van der Waals surface area contributed by atoms with Gasteiger partial charge in [-0.05, 0) is 17.3 Å². The molecule has 0 aliphatic heterocycles. The molecule has 1 unspecified atom stereocenters. The number of nitrogens with zero attached hydrogens (tertiary/aromatic N) is 1. The fraction of sp³-hybridized carbons (Fsp3) is 0.125. The highest BCUT2D eigenvalue weighted by Gasteiger charge is 2.05. The van der Waals surface area contributed by atoms with Crippen molar-refractivity contribution in [3.8, 4) is 5.40 Å². The van der Waals surface area contributed by atoms with Crippen molar-refractivity contribution >= 4 is 23.4 Å². The molecule has 0 saturated heterocycles. The number of alkyl halides is 1. The van der Waals surface area contributed by atoms with E-state index in [2.05, 4.69) is 0 Å². The van der Waals surface area contributed by atoms with Gasteiger partial charge in [0.25, 0.3) is 0 Å². The Morgan fingerprint density at radius 3 is 2.55 bits per heavy atom. The molecule has 56 valence electrons. The van der Waals surface area contributed by atoms with Crippen LogP contribution >= 0.6 is 23.4 Å². The van der Waals surface area contributed by atoms with Gasteiger partial charge in [0.2, 0.25) is 0 Å². The molecule has 0 aliphatic carbocycles. The summed E-state index contributed by atoms with van der Waals surface area (Å²) >= 11 is 6.90. The van der Waals surface area contributed by atoms with Gasteiger partial charge < -0.3 is 0 Å². The van der Waals surface area contributed by atoms with Crippen LogP contribution in [0.25, 0.3) is 0 Å². The summed E-state index contributed by atoms with van der Waals surface area (Å²) in [5.41, 5.74) is 0.973. The highest BCUT2D eigenvalue weighted by Crippen LogP contribution is 2.31. The maximum atomic E-state index is 8.33. The molecule has 0 aliphatic rings. The normalized spacial score (nSPS) is 12.0. The van der Waals surface area contributed by atoms with E-state index in [1.165, 1.54) is 0 Å². The summed E-state index contributed by atoms with van der Waals surface area (Å²) in [5, 5.41) is 10.3. The van der Waals surface area contributed by atoms with Gasteiger partial charge >= 0.3 is 0 Å². The Morgan fingerprint density at radius 1 is 1.36 bits per heavy atom. The van der Waals surface area contributed by atoms with Crippen molar-refractivity contribution in [2.45, 2.75) is 4.71 Å². The monoisotopic (exact) mass is 183 g/mol. The molecule has 1 aromatic rings. The highest BCUT2D eigenvalue weighted by molar-refractivity contribution is 8.04. The molecule has 11 heavy (non-hydrogen) atoms. The molecule has 1 aromatic carbocycles. The Bertz CT molecular complexity index is 255. The Labute approximate surface area is 75.0 Å². The zero-order chi connectivity index (χ0) is 8.10. The number of thiocyanates is 1. The molecule has 1 atom stereocenters. The van der Waals surface area contributed by atoms with Gasteiger partial charge in [-0.2, -0.15) is 5.26 Å². The van der Waals surface area contributed by atoms with E-state index in [4.69, 9.17) is 16.9 Å². The van der Waals surface area contributed by atoms with E-state index in [0.29, 0.717) is 0 Å². The summed E-state index contributed by atoms with van der Waals surface area (Å²) in [5.74, 6) is 0. The van der Waals surface area contributed by atoms with Crippen molar-refractivity contribution in [1.29, 1.82) is 5.26 Å². The summed E-state index contributed by atoms with van der Waals surface area (Å²) < 4.78 is -0.249. The molecule has 3 heteroatoms. The number of rotatable bonds is 2. The largest absolute Gasteiger partial charge is 0.185 e. The minimum absolute atomic E-state index is 0.249. The lowest BCUT2D eigenvalue weighted by Gasteiger charge is -2.01. The van der Waals surface area contributed by atoms with Crippen molar-refractivity contribution in [2.24, 2.45) is 0 Å². The topological polar surface area (TPSA) is 23.8 Å². The van der Waals surface area contributed by atoms with E-state index in [-0.39, 0.29) is 4.71 Å². The average molecular weight is 184 g/mol. The minimum Gasteiger partial charge on any atom is -0.185 e. The van der Waals surface area contributed by atoms with Crippen LogP contribution in [0.5, 0.6) is 0 Å². The van der Waals surface area contributed by atoms with Crippen LogP contribution in [0, 0.1) is 10.7 Å². The third-order valence-corrected chi connectivity index (χ3v) is 2.32. The van der Waals surface area contributed by atoms with Crippen LogP contribution in [0.15, 0.2) is 30.3 Å². The first-order chi connectivity index (χ1) is 5.34. The first kappa shape index (κ1) is 8.45. The smallest absolute Gasteiger partial charge is 0.135 e. The molecule has 1 rings (SSSR count). The Morgan fingerprint density at radius 2 is 2.00 bits per heavy atom. The third kappa shape index (κ3) is 2.45. The summed E-state index contributed by atoms with van der Waals surface area (Å²) in [6.45, 7) is 0. The maximum absolute atomic E-state index is 8.33. The van der Waals surface area contributed by atoms with Gasteiger partial charge in [0.1, 0.15) is 10.1 Å². The zero-order valence-electron chi connectivity index (χ0n) is 5.70. The second-order valence-corrected chi connectivity index (χ2v) is 3.52. The predicted molar refractivity (Wildman–Crippen MR) is 48.2 cm³/mol. The number of hydrogen-bond donors (Lipinski definition) is 0. The van der Waals surface area contributed by atoms with Crippen LogP contribution in [0.4, 0.5) is 0 Å². The summed E-state index contributed by atoms with van der Waals surface area (Å²) in [4.78, 5) is 0. The fourth-order valence-corrected chi connectivity index (χ4v) is 1.37. The van der Waals surface area contributed by atoms with Gasteiger partial charge in [-0.15, -0.1) is 11.6 Å². The molecule has 1 nitrogen and oxygen atoms in total. The predicted octanol–water partition coefficient (Wildman–Crippen LogP) is 3.14. The van der Waals surface area contributed by atoms with Gasteiger partial charge in [-0.3, -0.25) is 0 Å². The summed E-state index contributed by atoms with van der Waals surface area (Å²) in [6, 6.07) is 9.54. The maximum Gasteiger partial charge on any atom is 0.135 e. The van der Waals surface area contributed by atoms with Gasteiger partial charge in [0.05, 0.1) is 0 Å². The molecular weight excluding hydrogens is 178 g/mol. The van der Waals surface area contributed by atoms with E-state index < -0.39 is 0 Å². The highest BCUT2D eigenvalue weighted by atomic mass is 35.5. The van der Waals surface area contributed by atoms with Crippen LogP contribution < -0.4 is 0 Å². The Kier molecular flexibility index (Phi) is 3.28. The van der Waals surface area contributed by atoms with E-state index in [0.717, 1.165) is 17.3 Å². The lowest BCUT2D eigenvalue weighted by molar-refractivity contribution is 1.37. The zero-order valence-corrected chi connectivity index (χ0v) is 7.27. The first-order valence-corrected chi connectivity index (χ1v) is 4.40. The van der Waals surface area contributed by atoms with Gasteiger partial charge in [-0.25, -0.2) is 0 Å². The van der Waals surface area contributed by atoms with Crippen LogP contribution in [0.3, 0.4) is 0 Å². The molecule has 0 N–H and O–H groups in total. The molecule has 0 aromatic heterocycles. The molecule has 0 spiro atoms. The third-order valence-electron chi connectivity index (χ3n) is 1.22. The van der Waals surface area contributed by atoms with Crippen LogP contribution in [0.2, 0.25) is 0 Å². The minimum atomic E-state index is -0.249. The molecule has 0 heterocycles. The van der Waals surface area contributed by atoms with Crippen LogP contribution in [0.1, 0.15) is 10.3 Å². The van der Waals surface area contributed by atoms with Gasteiger partial charge in [0, 0.05) is 0 Å². The standard InChI is InChI=1S/C8H6ClNS/c9-8(11-6-10)7-4-2-1-3-5-7/h1-5,8H. The Balaban J connectivity index is 2.70. The molecule has 0 bridgehead atoms. The van der Waals surface area contributed by atoms with Gasteiger partial charge in [0.15, 0.2) is 0 Å². The van der Waals surface area contributed by atoms with Crippen LogP contribution in [-0.4, -0.2) is 0 Å². The number of hydrogen-bond acceptors (Lipinski definition) is 2. The van der Waals surface area contributed by atoms with Crippen molar-refractivity contribution in [3.63, 3.8) is 0 Å². The molecule has 0 fully saturated rings. The number of benzene rings is 1. The SMILES string of the molecule is N#CSC(Cl)c1ccccc1. The summed E-state index contributed by atoms with van der Waals surface area (Å²) in [7, 11) is 0. The van der Waals surface area contributed by atoms with Crippen molar-refractivity contribution in [3.05, 3.63) is 35.9 Å². The number of nitriles is 1. The average Bonchev–Trinajstić information content (AvgIpc) is 2.07. The van der Waals surface area contributed by atoms with E-state index in [1.54, 1.807) is 0 Å². The van der Waals surface area contributed by atoms with E-state index in [9.17, 15) is 0 Å². The van der Waals surface area contributed by atoms with Crippen LogP contribution in [-0.2, 0) is 0 Å². The first-order valence-electron chi connectivity index (χ1n) is 3.08. The van der Waals surface area contributed by atoms with Crippen molar-refractivity contribution < 1.29 is 0 Å². The van der Waals surface area contributed by atoms with E-state index in [1.807, 2.05) is 35.7 Å². The molecule has 0 saturated carbocycles. The second-order valence-electron chi connectivity index (χ2n) is 1.94. The Hall–Kier alpha value is -0.650. The number of thioether (sulfide) groups is 1. The second kappa shape index (κ2) is 4.27. The van der Waals surface area contributed by atoms with Gasteiger partial charge in [-0.1, -0.05) is 30.3 Å². The lowest BCUT2D eigenvalue weighted by atomic mass is 10.2. The number of halogens is 1. The fourth-order valence-electron chi connectivity index (χ4n) is 0.719.